The lowest BCUT2D eigenvalue weighted by atomic mass is 9.90. The molecular weight excluding hydrogens is 418 g/mol. The van der Waals surface area contributed by atoms with Crippen LogP contribution in [0.25, 0.3) is 0 Å². The Morgan fingerprint density at radius 3 is 2.21 bits per heavy atom. The number of benzene rings is 3. The Kier molecular flexibility index (Phi) is 5.26. The predicted molar refractivity (Wildman–Crippen MR) is 126 cm³/mol. The van der Waals surface area contributed by atoms with Gasteiger partial charge in [-0.2, -0.15) is 0 Å². The molecule has 3 aromatic carbocycles. The second kappa shape index (κ2) is 8.26. The van der Waals surface area contributed by atoms with Gasteiger partial charge in [-0.25, -0.2) is 9.96 Å². The standard InChI is InChI=1S/C26H25N3O4/c1-27(2)18-14-12-17(13-15-18)23-22-24(33-29(23)19-8-5-4-6-9-19)26(31)28(25(22)30)20-10-7-11-21(16-20)32-3/h4-16,22-24H,1-3H3. The first kappa shape index (κ1) is 21.0. The average molecular weight is 444 g/mol. The highest BCUT2D eigenvalue weighted by molar-refractivity contribution is 6.24. The molecule has 3 aromatic rings. The van der Waals surface area contributed by atoms with Gasteiger partial charge >= 0.3 is 0 Å². The number of para-hydroxylation sites is 1. The van der Waals surface area contributed by atoms with Crippen LogP contribution in [-0.2, 0) is 14.4 Å². The summed E-state index contributed by atoms with van der Waals surface area (Å²) in [6.07, 6.45) is -0.901. The van der Waals surface area contributed by atoms with Crippen LogP contribution in [0.1, 0.15) is 11.6 Å². The minimum Gasteiger partial charge on any atom is -0.497 e. The summed E-state index contributed by atoms with van der Waals surface area (Å²) >= 11 is 0. The molecule has 7 heteroatoms. The number of fused-ring (bicyclic) bond motifs is 1. The summed E-state index contributed by atoms with van der Waals surface area (Å²) in [7, 11) is 5.51. The predicted octanol–water partition coefficient (Wildman–Crippen LogP) is 3.81. The highest BCUT2D eigenvalue weighted by Crippen LogP contribution is 2.47. The molecule has 0 spiro atoms. The van der Waals surface area contributed by atoms with Crippen LogP contribution in [0.4, 0.5) is 17.1 Å². The lowest BCUT2D eigenvalue weighted by Gasteiger charge is -2.29. The summed E-state index contributed by atoms with van der Waals surface area (Å²) in [4.78, 5) is 36.5. The number of carbonyl (C=O) groups is 2. The van der Waals surface area contributed by atoms with Crippen LogP contribution < -0.4 is 19.6 Å². The van der Waals surface area contributed by atoms with Crippen molar-refractivity contribution < 1.29 is 19.2 Å². The first-order chi connectivity index (χ1) is 16.0. The van der Waals surface area contributed by atoms with Crippen LogP contribution >= 0.6 is 0 Å². The van der Waals surface area contributed by atoms with Gasteiger partial charge in [-0.3, -0.25) is 14.4 Å². The van der Waals surface area contributed by atoms with Crippen LogP contribution in [0.2, 0.25) is 0 Å². The largest absolute Gasteiger partial charge is 0.497 e. The molecule has 7 nitrogen and oxygen atoms in total. The van der Waals surface area contributed by atoms with Crippen molar-refractivity contribution in [1.82, 2.24) is 0 Å². The Labute approximate surface area is 192 Å². The minimum absolute atomic E-state index is 0.279. The quantitative estimate of drug-likeness (QED) is 0.559. The lowest BCUT2D eigenvalue weighted by molar-refractivity contribution is -0.126. The molecule has 0 bridgehead atoms. The van der Waals surface area contributed by atoms with Crippen molar-refractivity contribution in [1.29, 1.82) is 0 Å². The van der Waals surface area contributed by atoms with Gasteiger partial charge in [-0.05, 0) is 42.0 Å². The second-order valence-electron chi connectivity index (χ2n) is 8.36. The third-order valence-corrected chi connectivity index (χ3v) is 6.19. The van der Waals surface area contributed by atoms with Crippen LogP contribution in [0.15, 0.2) is 78.9 Å². The molecule has 0 radical (unpaired) electrons. The molecule has 2 heterocycles. The fourth-order valence-electron chi connectivity index (χ4n) is 4.53. The molecule has 2 aliphatic heterocycles. The van der Waals surface area contributed by atoms with Crippen molar-refractivity contribution in [2.24, 2.45) is 5.92 Å². The van der Waals surface area contributed by atoms with Gasteiger partial charge in [0, 0.05) is 25.8 Å². The number of amides is 2. The van der Waals surface area contributed by atoms with Gasteiger partial charge in [0.25, 0.3) is 5.91 Å². The summed E-state index contributed by atoms with van der Waals surface area (Å²) < 4.78 is 5.28. The highest BCUT2D eigenvalue weighted by atomic mass is 16.7. The number of ether oxygens (including phenoxy) is 1. The zero-order chi connectivity index (χ0) is 23.1. The Hall–Kier alpha value is -3.84. The van der Waals surface area contributed by atoms with E-state index < -0.39 is 18.1 Å². The highest BCUT2D eigenvalue weighted by Gasteiger charge is 2.60. The van der Waals surface area contributed by atoms with Crippen LogP contribution in [0.5, 0.6) is 5.75 Å². The van der Waals surface area contributed by atoms with E-state index >= 15 is 0 Å². The SMILES string of the molecule is COc1cccc(N2C(=O)C3ON(c4ccccc4)C(c4ccc(N(C)C)cc4)C3C2=O)c1. The van der Waals surface area contributed by atoms with Gasteiger partial charge < -0.3 is 9.64 Å². The number of imide groups is 1. The van der Waals surface area contributed by atoms with E-state index in [1.807, 2.05) is 73.6 Å². The summed E-state index contributed by atoms with van der Waals surface area (Å²) in [5.74, 6) is -0.744. The van der Waals surface area contributed by atoms with Crippen molar-refractivity contribution in [3.63, 3.8) is 0 Å². The summed E-state index contributed by atoms with van der Waals surface area (Å²) in [6, 6.07) is 24.1. The van der Waals surface area contributed by atoms with E-state index in [2.05, 4.69) is 0 Å². The van der Waals surface area contributed by atoms with Gasteiger partial charge in [0.15, 0.2) is 6.10 Å². The van der Waals surface area contributed by atoms with Crippen molar-refractivity contribution in [3.05, 3.63) is 84.4 Å². The average Bonchev–Trinajstić information content (AvgIpc) is 3.35. The summed E-state index contributed by atoms with van der Waals surface area (Å²) in [6.45, 7) is 0. The third kappa shape index (κ3) is 3.50. The maximum absolute atomic E-state index is 13.7. The van der Waals surface area contributed by atoms with Crippen molar-refractivity contribution in [2.75, 3.05) is 36.1 Å². The number of rotatable bonds is 5. The fourth-order valence-corrected chi connectivity index (χ4v) is 4.53. The van der Waals surface area contributed by atoms with Gasteiger partial charge in [0.05, 0.1) is 24.5 Å². The minimum atomic E-state index is -0.901. The lowest BCUT2D eigenvalue weighted by Crippen LogP contribution is -2.37. The van der Waals surface area contributed by atoms with Gasteiger partial charge in [0.2, 0.25) is 5.91 Å². The van der Waals surface area contributed by atoms with E-state index in [-0.39, 0.29) is 11.8 Å². The maximum atomic E-state index is 13.7. The Morgan fingerprint density at radius 1 is 0.848 bits per heavy atom. The number of methoxy groups -OCH3 is 1. The Morgan fingerprint density at radius 2 is 1.55 bits per heavy atom. The topological polar surface area (TPSA) is 62.3 Å². The Bertz CT molecular complexity index is 1180. The van der Waals surface area contributed by atoms with Gasteiger partial charge in [0.1, 0.15) is 11.7 Å². The molecule has 2 aliphatic rings. The molecule has 2 fully saturated rings. The molecule has 2 amide bonds. The molecule has 2 saturated heterocycles. The van der Waals surface area contributed by atoms with Crippen LogP contribution in [-0.4, -0.2) is 39.1 Å². The van der Waals surface area contributed by atoms with Crippen LogP contribution in [0, 0.1) is 5.92 Å². The number of anilines is 3. The summed E-state index contributed by atoms with van der Waals surface area (Å²) in [5, 5.41) is 1.71. The van der Waals surface area contributed by atoms with E-state index in [9.17, 15) is 9.59 Å². The molecule has 5 rings (SSSR count). The Balaban J connectivity index is 1.56. The third-order valence-electron chi connectivity index (χ3n) is 6.19. The zero-order valence-electron chi connectivity index (χ0n) is 18.7. The molecule has 3 atom stereocenters. The molecule has 3 unspecified atom stereocenters. The molecule has 168 valence electrons. The monoisotopic (exact) mass is 443 g/mol. The fraction of sp³-hybridized carbons (Fsp3) is 0.231. The normalized spacial score (nSPS) is 22.0. The zero-order valence-corrected chi connectivity index (χ0v) is 18.7. The summed E-state index contributed by atoms with van der Waals surface area (Å²) in [5.41, 5.74) is 3.23. The molecular formula is C26H25N3O4. The second-order valence-corrected chi connectivity index (χ2v) is 8.36. The number of hydroxylamine groups is 1. The first-order valence-corrected chi connectivity index (χ1v) is 10.8. The number of hydrogen-bond donors (Lipinski definition) is 0. The molecule has 0 aliphatic carbocycles. The van der Waals surface area contributed by atoms with E-state index in [0.29, 0.717) is 11.4 Å². The molecule has 0 N–H and O–H groups in total. The smallest absolute Gasteiger partial charge is 0.266 e. The molecule has 33 heavy (non-hydrogen) atoms. The molecule has 0 saturated carbocycles. The van der Waals surface area contributed by atoms with Crippen molar-refractivity contribution >= 4 is 28.9 Å². The molecule has 0 aromatic heterocycles. The van der Waals surface area contributed by atoms with E-state index in [4.69, 9.17) is 9.57 Å². The maximum Gasteiger partial charge on any atom is 0.266 e. The number of nitrogens with zero attached hydrogens (tertiary/aromatic N) is 3. The number of carbonyl (C=O) groups excluding carboxylic acids is 2. The number of hydrogen-bond acceptors (Lipinski definition) is 6. The van der Waals surface area contributed by atoms with Gasteiger partial charge in [-0.15, -0.1) is 0 Å². The van der Waals surface area contributed by atoms with E-state index in [0.717, 1.165) is 16.9 Å². The van der Waals surface area contributed by atoms with Crippen molar-refractivity contribution in [3.8, 4) is 5.75 Å². The first-order valence-electron chi connectivity index (χ1n) is 10.8. The van der Waals surface area contributed by atoms with E-state index in [1.165, 1.54) is 4.90 Å². The van der Waals surface area contributed by atoms with E-state index in [1.54, 1.807) is 36.4 Å². The van der Waals surface area contributed by atoms with Crippen LogP contribution in [0.3, 0.4) is 0 Å². The van der Waals surface area contributed by atoms with Crippen molar-refractivity contribution in [2.45, 2.75) is 12.1 Å². The van der Waals surface area contributed by atoms with Gasteiger partial charge in [-0.1, -0.05) is 36.4 Å².